The van der Waals surface area contributed by atoms with Gasteiger partial charge in [0.1, 0.15) is 12.4 Å². The van der Waals surface area contributed by atoms with Crippen LogP contribution in [0.1, 0.15) is 41.8 Å². The Kier molecular flexibility index (Phi) is 5.56. The molecule has 0 aliphatic rings. The Morgan fingerprint density at radius 2 is 2.25 bits per heavy atom. The lowest BCUT2D eigenvalue weighted by atomic mass is 10.1. The molecule has 0 aliphatic heterocycles. The van der Waals surface area contributed by atoms with Crippen LogP contribution in [-0.4, -0.2) is 11.5 Å². The molecule has 0 fully saturated rings. The van der Waals surface area contributed by atoms with E-state index in [1.165, 1.54) is 5.56 Å². The Morgan fingerprint density at radius 3 is 2.95 bits per heavy atom. The summed E-state index contributed by atoms with van der Waals surface area (Å²) in [5.74, 6) is 0.915. The van der Waals surface area contributed by atoms with Crippen LogP contribution in [-0.2, 0) is 6.61 Å². The van der Waals surface area contributed by atoms with Gasteiger partial charge in [-0.05, 0) is 44.5 Å². The lowest BCUT2D eigenvalue weighted by Gasteiger charge is -2.14. The number of nitrogens with one attached hydrogen (secondary N) is 1. The topological polar surface area (TPSA) is 34.1 Å². The minimum Gasteiger partial charge on any atom is -0.488 e. The van der Waals surface area contributed by atoms with E-state index in [0.717, 1.165) is 28.6 Å². The van der Waals surface area contributed by atoms with Crippen LogP contribution in [0, 0.1) is 6.92 Å². The predicted octanol–water partition coefficient (Wildman–Crippen LogP) is 4.09. The van der Waals surface area contributed by atoms with Crippen LogP contribution in [0.5, 0.6) is 5.75 Å². The molecule has 1 unspecified atom stereocenters. The van der Waals surface area contributed by atoms with Crippen molar-refractivity contribution < 1.29 is 4.74 Å². The van der Waals surface area contributed by atoms with E-state index in [2.05, 4.69) is 36.3 Å². The Hall–Kier alpha value is -1.39. The van der Waals surface area contributed by atoms with Crippen LogP contribution >= 0.6 is 11.3 Å². The molecule has 0 saturated carbocycles. The minimum absolute atomic E-state index is 0.351. The lowest BCUT2D eigenvalue weighted by molar-refractivity contribution is 0.309. The van der Waals surface area contributed by atoms with Gasteiger partial charge in [0.15, 0.2) is 0 Å². The van der Waals surface area contributed by atoms with Crippen LogP contribution in [0.15, 0.2) is 30.5 Å². The predicted molar refractivity (Wildman–Crippen MR) is 84.3 cm³/mol. The van der Waals surface area contributed by atoms with Crippen LogP contribution < -0.4 is 10.1 Å². The van der Waals surface area contributed by atoms with Crippen molar-refractivity contribution in [2.45, 2.75) is 39.8 Å². The van der Waals surface area contributed by atoms with Crippen molar-refractivity contribution in [2.75, 3.05) is 6.54 Å². The molecule has 0 aliphatic carbocycles. The summed E-state index contributed by atoms with van der Waals surface area (Å²) in [5.41, 5.74) is 1.26. The first-order valence-corrected chi connectivity index (χ1v) is 7.88. The quantitative estimate of drug-likeness (QED) is 0.834. The van der Waals surface area contributed by atoms with E-state index in [1.54, 1.807) is 11.3 Å². The third-order valence-corrected chi connectivity index (χ3v) is 4.00. The monoisotopic (exact) mass is 290 g/mol. The molecule has 3 nitrogen and oxygen atoms in total. The van der Waals surface area contributed by atoms with Crippen molar-refractivity contribution in [1.29, 1.82) is 0 Å². The summed E-state index contributed by atoms with van der Waals surface area (Å²) in [6.45, 7) is 7.99. The number of aryl methyl sites for hydroxylation is 1. The molecule has 0 saturated heterocycles. The third kappa shape index (κ3) is 4.32. The molecule has 0 amide bonds. The molecule has 1 heterocycles. The van der Waals surface area contributed by atoms with E-state index in [9.17, 15) is 0 Å². The number of aromatic nitrogens is 1. The summed E-state index contributed by atoms with van der Waals surface area (Å²) in [6.07, 6.45) is 3.03. The number of nitrogens with zero attached hydrogens (tertiary/aromatic N) is 1. The Morgan fingerprint density at radius 1 is 1.40 bits per heavy atom. The first kappa shape index (κ1) is 15.0. The molecule has 0 radical (unpaired) electrons. The average molecular weight is 290 g/mol. The highest BCUT2D eigenvalue weighted by Gasteiger charge is 2.06. The number of benzene rings is 1. The van der Waals surface area contributed by atoms with Gasteiger partial charge < -0.3 is 10.1 Å². The zero-order valence-electron chi connectivity index (χ0n) is 12.3. The van der Waals surface area contributed by atoms with Gasteiger partial charge in [0, 0.05) is 12.2 Å². The van der Waals surface area contributed by atoms with Crippen molar-refractivity contribution in [3.05, 3.63) is 45.9 Å². The lowest BCUT2D eigenvalue weighted by Crippen LogP contribution is -2.19. The van der Waals surface area contributed by atoms with E-state index >= 15 is 0 Å². The molecule has 0 bridgehead atoms. The highest BCUT2D eigenvalue weighted by Crippen LogP contribution is 2.21. The molecule has 1 N–H and O–H groups in total. The van der Waals surface area contributed by atoms with Crippen LogP contribution in [0.4, 0.5) is 0 Å². The zero-order chi connectivity index (χ0) is 14.4. The summed E-state index contributed by atoms with van der Waals surface area (Å²) in [6, 6.07) is 8.65. The highest BCUT2D eigenvalue weighted by atomic mass is 32.1. The number of rotatable bonds is 7. The van der Waals surface area contributed by atoms with E-state index < -0.39 is 0 Å². The Labute approximate surface area is 125 Å². The summed E-state index contributed by atoms with van der Waals surface area (Å²) in [4.78, 5) is 5.39. The maximum Gasteiger partial charge on any atom is 0.124 e. The van der Waals surface area contributed by atoms with Crippen molar-refractivity contribution in [3.8, 4) is 5.75 Å². The van der Waals surface area contributed by atoms with Crippen molar-refractivity contribution in [2.24, 2.45) is 0 Å². The van der Waals surface area contributed by atoms with Gasteiger partial charge in [0.05, 0.1) is 9.88 Å². The third-order valence-electron chi connectivity index (χ3n) is 3.11. The van der Waals surface area contributed by atoms with E-state index in [-0.39, 0.29) is 0 Å². The largest absolute Gasteiger partial charge is 0.488 e. The van der Waals surface area contributed by atoms with Gasteiger partial charge in [-0.3, -0.25) is 0 Å². The molecule has 2 aromatic rings. The second-order valence-corrected chi connectivity index (χ2v) is 6.20. The fourth-order valence-corrected chi connectivity index (χ4v) is 2.69. The second-order valence-electron chi connectivity index (χ2n) is 4.88. The summed E-state index contributed by atoms with van der Waals surface area (Å²) >= 11 is 1.68. The number of ether oxygens (including phenoxy) is 1. The molecule has 1 aromatic heterocycles. The van der Waals surface area contributed by atoms with Crippen molar-refractivity contribution in [3.63, 3.8) is 0 Å². The number of hydrogen-bond acceptors (Lipinski definition) is 4. The van der Waals surface area contributed by atoms with Gasteiger partial charge >= 0.3 is 0 Å². The first-order valence-electron chi connectivity index (χ1n) is 7.06. The van der Waals surface area contributed by atoms with Gasteiger partial charge in [-0.2, -0.15) is 0 Å². The maximum absolute atomic E-state index is 5.84. The summed E-state index contributed by atoms with van der Waals surface area (Å²) < 4.78 is 5.84. The molecule has 0 spiro atoms. The number of hydrogen-bond donors (Lipinski definition) is 1. The van der Waals surface area contributed by atoms with Gasteiger partial charge in [0.25, 0.3) is 0 Å². The smallest absolute Gasteiger partial charge is 0.124 e. The van der Waals surface area contributed by atoms with Crippen molar-refractivity contribution in [1.82, 2.24) is 10.3 Å². The normalized spacial score (nSPS) is 12.3. The molecule has 108 valence electrons. The van der Waals surface area contributed by atoms with Crippen molar-refractivity contribution >= 4 is 11.3 Å². The number of thiazole rings is 1. The molecule has 1 aromatic carbocycles. The standard InChI is InChI=1S/C16H22N2OS/c1-4-8-17-12(2)14-6-5-7-15(9-14)19-11-16-10-18-13(3)20-16/h5-7,9-10,12,17H,4,8,11H2,1-3H3. The SMILES string of the molecule is CCCNC(C)c1cccc(OCc2cnc(C)s2)c1. The van der Waals surface area contributed by atoms with Gasteiger partial charge in [-0.25, -0.2) is 4.98 Å². The summed E-state index contributed by atoms with van der Waals surface area (Å²) in [7, 11) is 0. The molecular formula is C16H22N2OS. The van der Waals surface area contributed by atoms with Crippen LogP contribution in [0.3, 0.4) is 0 Å². The average Bonchev–Trinajstić information content (AvgIpc) is 2.88. The molecule has 2 rings (SSSR count). The Bertz CT molecular complexity index is 539. The molecule has 1 atom stereocenters. The highest BCUT2D eigenvalue weighted by molar-refractivity contribution is 7.11. The maximum atomic E-state index is 5.84. The fourth-order valence-electron chi connectivity index (χ4n) is 1.98. The van der Waals surface area contributed by atoms with Gasteiger partial charge in [-0.1, -0.05) is 19.1 Å². The first-order chi connectivity index (χ1) is 9.69. The van der Waals surface area contributed by atoms with Crippen LogP contribution in [0.2, 0.25) is 0 Å². The minimum atomic E-state index is 0.351. The summed E-state index contributed by atoms with van der Waals surface area (Å²) in [5, 5.41) is 4.57. The van der Waals surface area contributed by atoms with E-state index in [4.69, 9.17) is 4.74 Å². The van der Waals surface area contributed by atoms with Gasteiger partial charge in [0.2, 0.25) is 0 Å². The van der Waals surface area contributed by atoms with Gasteiger partial charge in [-0.15, -0.1) is 11.3 Å². The van der Waals surface area contributed by atoms with E-state index in [1.807, 2.05) is 25.3 Å². The Balaban J connectivity index is 1.95. The fraction of sp³-hybridized carbons (Fsp3) is 0.438. The molecule has 4 heteroatoms. The van der Waals surface area contributed by atoms with Crippen LogP contribution in [0.25, 0.3) is 0 Å². The second kappa shape index (κ2) is 7.41. The molecular weight excluding hydrogens is 268 g/mol. The molecule has 20 heavy (non-hydrogen) atoms. The zero-order valence-corrected chi connectivity index (χ0v) is 13.2. The van der Waals surface area contributed by atoms with E-state index in [0.29, 0.717) is 12.6 Å².